The number of esters is 1. The van der Waals surface area contributed by atoms with Crippen molar-refractivity contribution in [2.45, 2.75) is 13.0 Å². The molecule has 1 saturated heterocycles. The van der Waals surface area contributed by atoms with Gasteiger partial charge in [0.15, 0.2) is 0 Å². The minimum absolute atomic E-state index is 0.183. The van der Waals surface area contributed by atoms with Crippen LogP contribution in [0.2, 0.25) is 0 Å². The largest absolute Gasteiger partial charge is 0.467 e. The average molecular weight is 309 g/mol. The van der Waals surface area contributed by atoms with Gasteiger partial charge in [0.05, 0.1) is 12.0 Å². The second-order valence-electron chi connectivity index (χ2n) is 4.30. The summed E-state index contributed by atoms with van der Waals surface area (Å²) >= 11 is 0.734. The maximum absolute atomic E-state index is 12.8. The lowest BCUT2D eigenvalue weighted by Gasteiger charge is -2.18. The third-order valence-corrected chi connectivity index (χ3v) is 3.80. The smallest absolute Gasteiger partial charge is 0.328 e. The fraction of sp³-hybridized carbons (Fsp3) is 0.214. The highest BCUT2D eigenvalue weighted by Gasteiger charge is 2.41. The summed E-state index contributed by atoms with van der Waals surface area (Å²) in [4.78, 5) is 36.5. The van der Waals surface area contributed by atoms with Crippen molar-refractivity contribution in [2.24, 2.45) is 0 Å². The molecule has 0 aromatic heterocycles. The van der Waals surface area contributed by atoms with E-state index in [1.54, 1.807) is 0 Å². The first-order valence-corrected chi connectivity index (χ1v) is 6.86. The van der Waals surface area contributed by atoms with Crippen molar-refractivity contribution in [3.63, 3.8) is 0 Å². The highest BCUT2D eigenvalue weighted by Crippen LogP contribution is 2.33. The minimum Gasteiger partial charge on any atom is -0.467 e. The van der Waals surface area contributed by atoms with Gasteiger partial charge in [0.1, 0.15) is 11.9 Å². The first-order chi connectivity index (χ1) is 9.93. The van der Waals surface area contributed by atoms with Crippen molar-refractivity contribution >= 4 is 35.0 Å². The molecule has 1 aliphatic rings. The molecule has 2 rings (SSSR count). The van der Waals surface area contributed by atoms with Crippen LogP contribution < -0.4 is 0 Å². The van der Waals surface area contributed by atoms with Crippen LogP contribution in [0.3, 0.4) is 0 Å². The maximum Gasteiger partial charge on any atom is 0.328 e. The molecule has 0 spiro atoms. The van der Waals surface area contributed by atoms with Crippen LogP contribution in [0.25, 0.3) is 6.08 Å². The Morgan fingerprint density at radius 3 is 2.52 bits per heavy atom. The molecule has 0 N–H and O–H groups in total. The molecule has 5 nitrogen and oxygen atoms in total. The summed E-state index contributed by atoms with van der Waals surface area (Å²) in [7, 11) is 1.19. The van der Waals surface area contributed by atoms with Crippen molar-refractivity contribution in [3.05, 3.63) is 40.6 Å². The number of hydrogen-bond donors (Lipinski definition) is 0. The number of benzene rings is 1. The third-order valence-electron chi connectivity index (χ3n) is 2.92. The number of ether oxygens (including phenoxy) is 1. The van der Waals surface area contributed by atoms with Gasteiger partial charge in [0.25, 0.3) is 11.1 Å². The van der Waals surface area contributed by atoms with Crippen molar-refractivity contribution in [3.8, 4) is 0 Å². The van der Waals surface area contributed by atoms with E-state index < -0.39 is 23.2 Å². The van der Waals surface area contributed by atoms with Crippen molar-refractivity contribution in [1.29, 1.82) is 0 Å². The Labute approximate surface area is 124 Å². The Bertz CT molecular complexity index is 626. The van der Waals surface area contributed by atoms with Crippen molar-refractivity contribution in [2.75, 3.05) is 7.11 Å². The molecule has 0 radical (unpaired) electrons. The van der Waals surface area contributed by atoms with Gasteiger partial charge >= 0.3 is 5.97 Å². The highest BCUT2D eigenvalue weighted by atomic mass is 32.2. The standard InChI is InChI=1S/C14H12FNO4S/c1-8(13(18)20-2)16-12(17)11(21-14(16)19)7-9-3-5-10(15)6-4-9/h3-8H,1-2H3. The molecular formula is C14H12FNO4S. The number of rotatable bonds is 3. The molecule has 1 aromatic carbocycles. The van der Waals surface area contributed by atoms with Gasteiger partial charge in [-0.3, -0.25) is 14.5 Å². The number of carbonyl (C=O) groups is 3. The number of hydrogen-bond acceptors (Lipinski definition) is 5. The Morgan fingerprint density at radius 1 is 1.33 bits per heavy atom. The maximum atomic E-state index is 12.8. The number of amides is 2. The summed E-state index contributed by atoms with van der Waals surface area (Å²) in [6, 6.07) is 4.52. The molecule has 1 aliphatic heterocycles. The molecule has 0 bridgehead atoms. The molecule has 2 amide bonds. The average Bonchev–Trinajstić information content (AvgIpc) is 2.74. The van der Waals surface area contributed by atoms with E-state index in [0.29, 0.717) is 5.56 Å². The van der Waals surface area contributed by atoms with E-state index in [-0.39, 0.29) is 10.7 Å². The van der Waals surface area contributed by atoms with Crippen LogP contribution >= 0.6 is 11.8 Å². The van der Waals surface area contributed by atoms with Gasteiger partial charge in [-0.05, 0) is 42.5 Å². The zero-order valence-electron chi connectivity index (χ0n) is 11.3. The molecule has 1 aromatic rings. The fourth-order valence-corrected chi connectivity index (χ4v) is 2.71. The van der Waals surface area contributed by atoms with Gasteiger partial charge in [0, 0.05) is 0 Å². The molecule has 0 aliphatic carbocycles. The summed E-state index contributed by atoms with van der Waals surface area (Å²) in [6.45, 7) is 1.42. The molecule has 1 atom stereocenters. The van der Waals surface area contributed by atoms with E-state index in [1.165, 1.54) is 44.4 Å². The minimum atomic E-state index is -0.985. The number of thioether (sulfide) groups is 1. The number of halogens is 1. The molecule has 110 valence electrons. The quantitative estimate of drug-likeness (QED) is 0.634. The fourth-order valence-electron chi connectivity index (χ4n) is 1.80. The van der Waals surface area contributed by atoms with Gasteiger partial charge in [-0.25, -0.2) is 9.18 Å². The molecule has 21 heavy (non-hydrogen) atoms. The molecular weight excluding hydrogens is 297 g/mol. The van der Waals surface area contributed by atoms with Gasteiger partial charge in [-0.15, -0.1) is 0 Å². The topological polar surface area (TPSA) is 63.7 Å². The number of nitrogens with zero attached hydrogens (tertiary/aromatic N) is 1. The predicted molar refractivity (Wildman–Crippen MR) is 75.7 cm³/mol. The molecule has 1 fully saturated rings. The normalized spacial score (nSPS) is 18.2. The van der Waals surface area contributed by atoms with Gasteiger partial charge in [-0.2, -0.15) is 0 Å². The van der Waals surface area contributed by atoms with Crippen LogP contribution in [0, 0.1) is 5.82 Å². The van der Waals surface area contributed by atoms with E-state index in [0.717, 1.165) is 16.7 Å². The van der Waals surface area contributed by atoms with E-state index >= 15 is 0 Å². The first kappa shape index (κ1) is 15.2. The Kier molecular flexibility index (Phi) is 4.42. The molecule has 0 saturated carbocycles. The zero-order valence-corrected chi connectivity index (χ0v) is 12.1. The molecule has 1 heterocycles. The lowest BCUT2D eigenvalue weighted by atomic mass is 10.2. The van der Waals surface area contributed by atoms with Crippen molar-refractivity contribution < 1.29 is 23.5 Å². The van der Waals surface area contributed by atoms with Crippen LogP contribution in [0.4, 0.5) is 9.18 Å². The second kappa shape index (κ2) is 6.09. The summed E-state index contributed by atoms with van der Waals surface area (Å²) in [5.41, 5.74) is 0.590. The zero-order chi connectivity index (χ0) is 15.6. The number of imide groups is 1. The van der Waals surface area contributed by atoms with Crippen LogP contribution in [0.15, 0.2) is 29.2 Å². The van der Waals surface area contributed by atoms with E-state index in [4.69, 9.17) is 0 Å². The van der Waals surface area contributed by atoms with E-state index in [9.17, 15) is 18.8 Å². The summed E-state index contributed by atoms with van der Waals surface area (Å²) < 4.78 is 17.4. The van der Waals surface area contributed by atoms with Gasteiger partial charge in [0.2, 0.25) is 0 Å². The van der Waals surface area contributed by atoms with Crippen LogP contribution in [-0.2, 0) is 14.3 Å². The van der Waals surface area contributed by atoms with Crippen LogP contribution in [0.1, 0.15) is 12.5 Å². The monoisotopic (exact) mass is 309 g/mol. The second-order valence-corrected chi connectivity index (χ2v) is 5.30. The van der Waals surface area contributed by atoms with Crippen molar-refractivity contribution in [1.82, 2.24) is 4.90 Å². The summed E-state index contributed by atoms with van der Waals surface area (Å²) in [5, 5.41) is -0.536. The SMILES string of the molecule is COC(=O)C(C)N1C(=O)SC(=Cc2ccc(F)cc2)C1=O. The third kappa shape index (κ3) is 3.13. The Balaban J connectivity index is 2.25. The number of methoxy groups -OCH3 is 1. The lowest BCUT2D eigenvalue weighted by molar-refractivity contribution is -0.148. The first-order valence-electron chi connectivity index (χ1n) is 6.04. The van der Waals surface area contributed by atoms with Crippen LogP contribution in [-0.4, -0.2) is 35.2 Å². The highest BCUT2D eigenvalue weighted by molar-refractivity contribution is 8.18. The predicted octanol–water partition coefficient (Wildman–Crippen LogP) is 2.42. The Hall–Kier alpha value is -2.15. The van der Waals surface area contributed by atoms with Crippen LogP contribution in [0.5, 0.6) is 0 Å². The summed E-state index contributed by atoms with van der Waals surface area (Å²) in [6.07, 6.45) is 1.48. The number of carbonyl (C=O) groups excluding carboxylic acids is 3. The van der Waals surface area contributed by atoms with E-state index in [1.807, 2.05) is 0 Å². The Morgan fingerprint density at radius 2 is 1.95 bits per heavy atom. The van der Waals surface area contributed by atoms with Gasteiger partial charge in [-0.1, -0.05) is 12.1 Å². The summed E-state index contributed by atoms with van der Waals surface area (Å²) in [5.74, 6) is -1.62. The molecule has 1 unspecified atom stereocenters. The molecule has 7 heteroatoms. The van der Waals surface area contributed by atoms with E-state index in [2.05, 4.69) is 4.74 Å². The van der Waals surface area contributed by atoms with Gasteiger partial charge < -0.3 is 4.74 Å². The lowest BCUT2D eigenvalue weighted by Crippen LogP contribution is -2.42.